The first-order valence-corrected chi connectivity index (χ1v) is 8.61. The number of rotatable bonds is 6. The lowest BCUT2D eigenvalue weighted by Crippen LogP contribution is -2.08. The predicted molar refractivity (Wildman–Crippen MR) is 100.0 cm³/mol. The molecule has 0 aliphatic rings. The summed E-state index contributed by atoms with van der Waals surface area (Å²) in [7, 11) is 1.64. The summed E-state index contributed by atoms with van der Waals surface area (Å²) >= 11 is 9.71. The molecule has 0 fully saturated rings. The smallest absolute Gasteiger partial charge is 0.175 e. The summed E-state index contributed by atoms with van der Waals surface area (Å²) in [5.41, 5.74) is 3.14. The van der Waals surface area contributed by atoms with Gasteiger partial charge in [-0.3, -0.25) is 0 Å². The van der Waals surface area contributed by atoms with Gasteiger partial charge in [-0.05, 0) is 72.1 Å². The second-order valence-electron chi connectivity index (χ2n) is 5.59. The number of anilines is 1. The zero-order valence-corrected chi connectivity index (χ0v) is 16.1. The minimum absolute atomic E-state index is 0.0823. The minimum Gasteiger partial charge on any atom is -0.493 e. The molecule has 2 aromatic rings. The molecule has 0 heterocycles. The van der Waals surface area contributed by atoms with E-state index in [9.17, 15) is 0 Å². The van der Waals surface area contributed by atoms with Crippen LogP contribution in [-0.2, 0) is 6.54 Å². The van der Waals surface area contributed by atoms with Crippen LogP contribution in [0.5, 0.6) is 11.5 Å². The largest absolute Gasteiger partial charge is 0.493 e. The van der Waals surface area contributed by atoms with Gasteiger partial charge in [-0.25, -0.2) is 0 Å². The normalized spacial score (nSPS) is 10.7. The quantitative estimate of drug-likeness (QED) is 0.665. The Kier molecular flexibility index (Phi) is 6.19. The summed E-state index contributed by atoms with van der Waals surface area (Å²) in [5.74, 6) is 1.44. The van der Waals surface area contributed by atoms with E-state index in [1.807, 2.05) is 51.1 Å². The Bertz CT molecular complexity index is 689. The van der Waals surface area contributed by atoms with Gasteiger partial charge in [0.2, 0.25) is 0 Å². The molecular formula is C18H21BrClNO2. The second kappa shape index (κ2) is 7.93. The summed E-state index contributed by atoms with van der Waals surface area (Å²) in [6.07, 6.45) is 0.0823. The molecule has 0 amide bonds. The Morgan fingerprint density at radius 1 is 1.22 bits per heavy atom. The number of hydrogen-bond donors (Lipinski definition) is 1. The highest BCUT2D eigenvalue weighted by Gasteiger charge is 2.13. The van der Waals surface area contributed by atoms with Crippen molar-refractivity contribution in [3.05, 3.63) is 51.0 Å². The van der Waals surface area contributed by atoms with E-state index in [1.54, 1.807) is 7.11 Å². The molecule has 0 unspecified atom stereocenters. The van der Waals surface area contributed by atoms with Crippen molar-refractivity contribution in [1.29, 1.82) is 0 Å². The van der Waals surface area contributed by atoms with Gasteiger partial charge < -0.3 is 14.8 Å². The van der Waals surface area contributed by atoms with Crippen LogP contribution in [0, 0.1) is 6.92 Å². The standard InChI is InChI=1S/C18H21BrClNO2/c1-11(2)23-18-15(19)7-13(8-17(18)22-4)10-21-14-6-5-12(3)16(20)9-14/h5-9,11,21H,10H2,1-4H3. The molecular weight excluding hydrogens is 378 g/mol. The molecule has 0 aliphatic heterocycles. The number of methoxy groups -OCH3 is 1. The molecule has 0 bridgehead atoms. The van der Waals surface area contributed by atoms with E-state index in [0.717, 1.165) is 32.1 Å². The molecule has 0 saturated carbocycles. The van der Waals surface area contributed by atoms with Gasteiger partial charge in [0.15, 0.2) is 11.5 Å². The maximum Gasteiger partial charge on any atom is 0.175 e. The third kappa shape index (κ3) is 4.79. The van der Waals surface area contributed by atoms with Crippen LogP contribution < -0.4 is 14.8 Å². The third-order valence-corrected chi connectivity index (χ3v) is 4.31. The fraction of sp³-hybridized carbons (Fsp3) is 0.333. The molecule has 0 radical (unpaired) electrons. The highest BCUT2D eigenvalue weighted by atomic mass is 79.9. The van der Waals surface area contributed by atoms with Gasteiger partial charge in [-0.15, -0.1) is 0 Å². The van der Waals surface area contributed by atoms with Crippen LogP contribution >= 0.6 is 27.5 Å². The van der Waals surface area contributed by atoms with Gasteiger partial charge in [0.25, 0.3) is 0 Å². The van der Waals surface area contributed by atoms with Gasteiger partial charge in [0.05, 0.1) is 17.7 Å². The maximum absolute atomic E-state index is 6.15. The summed E-state index contributed by atoms with van der Waals surface area (Å²) in [6, 6.07) is 9.96. The molecule has 0 aromatic heterocycles. The Morgan fingerprint density at radius 3 is 2.57 bits per heavy atom. The number of aryl methyl sites for hydroxylation is 1. The molecule has 3 nitrogen and oxygen atoms in total. The fourth-order valence-corrected chi connectivity index (χ4v) is 2.90. The van der Waals surface area contributed by atoms with Crippen molar-refractivity contribution in [2.75, 3.05) is 12.4 Å². The van der Waals surface area contributed by atoms with Crippen molar-refractivity contribution in [1.82, 2.24) is 0 Å². The molecule has 0 saturated heterocycles. The Labute approximate surface area is 151 Å². The molecule has 0 spiro atoms. The van der Waals surface area contributed by atoms with Crippen molar-refractivity contribution in [2.24, 2.45) is 0 Å². The number of nitrogens with one attached hydrogen (secondary N) is 1. The summed E-state index contributed by atoms with van der Waals surface area (Å²) in [6.45, 7) is 6.63. The highest BCUT2D eigenvalue weighted by molar-refractivity contribution is 9.10. The zero-order chi connectivity index (χ0) is 17.0. The lowest BCUT2D eigenvalue weighted by atomic mass is 10.2. The molecule has 1 N–H and O–H groups in total. The van der Waals surface area contributed by atoms with Crippen LogP contribution in [0.3, 0.4) is 0 Å². The van der Waals surface area contributed by atoms with Gasteiger partial charge in [-0.1, -0.05) is 17.7 Å². The van der Waals surface area contributed by atoms with Crippen molar-refractivity contribution in [3.8, 4) is 11.5 Å². The van der Waals surface area contributed by atoms with E-state index in [-0.39, 0.29) is 6.10 Å². The third-order valence-electron chi connectivity index (χ3n) is 3.31. The van der Waals surface area contributed by atoms with E-state index in [0.29, 0.717) is 12.3 Å². The molecule has 124 valence electrons. The highest BCUT2D eigenvalue weighted by Crippen LogP contribution is 2.37. The molecule has 0 aliphatic carbocycles. The lowest BCUT2D eigenvalue weighted by molar-refractivity contribution is 0.228. The van der Waals surface area contributed by atoms with Crippen molar-refractivity contribution in [2.45, 2.75) is 33.4 Å². The van der Waals surface area contributed by atoms with Crippen molar-refractivity contribution in [3.63, 3.8) is 0 Å². The lowest BCUT2D eigenvalue weighted by Gasteiger charge is -2.17. The maximum atomic E-state index is 6.15. The minimum atomic E-state index is 0.0823. The molecule has 2 aromatic carbocycles. The predicted octanol–water partition coefficient (Wildman–Crippen LogP) is 5.82. The van der Waals surface area contributed by atoms with Crippen molar-refractivity contribution < 1.29 is 9.47 Å². The van der Waals surface area contributed by atoms with E-state index < -0.39 is 0 Å². The van der Waals surface area contributed by atoms with E-state index in [2.05, 4.69) is 21.2 Å². The van der Waals surface area contributed by atoms with Crippen LogP contribution in [0.25, 0.3) is 0 Å². The van der Waals surface area contributed by atoms with E-state index in [1.165, 1.54) is 0 Å². The number of halogens is 2. The van der Waals surface area contributed by atoms with E-state index in [4.69, 9.17) is 21.1 Å². The molecule has 2 rings (SSSR count). The van der Waals surface area contributed by atoms with Crippen LogP contribution in [0.2, 0.25) is 5.02 Å². The SMILES string of the molecule is COc1cc(CNc2ccc(C)c(Cl)c2)cc(Br)c1OC(C)C. The molecule has 5 heteroatoms. The zero-order valence-electron chi connectivity index (χ0n) is 13.7. The number of benzene rings is 2. The average molecular weight is 399 g/mol. The van der Waals surface area contributed by atoms with Gasteiger partial charge >= 0.3 is 0 Å². The average Bonchev–Trinajstić information content (AvgIpc) is 2.50. The van der Waals surface area contributed by atoms with Gasteiger partial charge in [0, 0.05) is 17.3 Å². The van der Waals surface area contributed by atoms with Crippen LogP contribution in [0.4, 0.5) is 5.69 Å². The van der Waals surface area contributed by atoms with E-state index >= 15 is 0 Å². The molecule has 0 atom stereocenters. The monoisotopic (exact) mass is 397 g/mol. The second-order valence-corrected chi connectivity index (χ2v) is 6.85. The van der Waals surface area contributed by atoms with Gasteiger partial charge in [-0.2, -0.15) is 0 Å². The van der Waals surface area contributed by atoms with Crippen LogP contribution in [0.15, 0.2) is 34.8 Å². The topological polar surface area (TPSA) is 30.5 Å². The van der Waals surface area contributed by atoms with Crippen LogP contribution in [0.1, 0.15) is 25.0 Å². The molecule has 23 heavy (non-hydrogen) atoms. The Hall–Kier alpha value is -1.39. The summed E-state index contributed by atoms with van der Waals surface area (Å²) in [5, 5.41) is 4.12. The summed E-state index contributed by atoms with van der Waals surface area (Å²) in [4.78, 5) is 0. The summed E-state index contributed by atoms with van der Waals surface area (Å²) < 4.78 is 12.1. The number of ether oxygens (including phenoxy) is 2. The Morgan fingerprint density at radius 2 is 1.96 bits per heavy atom. The first kappa shape index (κ1) is 18.0. The van der Waals surface area contributed by atoms with Gasteiger partial charge in [0.1, 0.15) is 0 Å². The van der Waals surface area contributed by atoms with Crippen molar-refractivity contribution >= 4 is 33.2 Å². The first-order chi connectivity index (χ1) is 10.9. The fourth-order valence-electron chi connectivity index (χ4n) is 2.13. The number of hydrogen-bond acceptors (Lipinski definition) is 3. The van der Waals surface area contributed by atoms with Crippen LogP contribution in [-0.4, -0.2) is 13.2 Å². The first-order valence-electron chi connectivity index (χ1n) is 7.43. The Balaban J connectivity index is 2.16.